The highest BCUT2D eigenvalue weighted by molar-refractivity contribution is 6.90. The van der Waals surface area contributed by atoms with Crippen LogP contribution in [0.2, 0.25) is 13.1 Å². The zero-order chi connectivity index (χ0) is 14.6. The van der Waals surface area contributed by atoms with E-state index in [4.69, 9.17) is 0 Å². The molecule has 1 aromatic carbocycles. The van der Waals surface area contributed by atoms with Crippen LogP contribution in [0.4, 0.5) is 0 Å². The summed E-state index contributed by atoms with van der Waals surface area (Å²) in [6.07, 6.45) is 4.13. The van der Waals surface area contributed by atoms with Gasteiger partial charge in [-0.05, 0) is 6.92 Å². The van der Waals surface area contributed by atoms with Crippen LogP contribution in [0.3, 0.4) is 0 Å². The van der Waals surface area contributed by atoms with Gasteiger partial charge < -0.3 is 5.32 Å². The van der Waals surface area contributed by atoms with Crippen molar-refractivity contribution >= 4 is 19.2 Å². The Morgan fingerprint density at radius 2 is 2.00 bits per heavy atom. The molecule has 0 unspecified atom stereocenters. The molecular weight excluding hydrogens is 266 g/mol. The summed E-state index contributed by atoms with van der Waals surface area (Å²) in [5.74, 6) is -0.0405. The first-order valence-electron chi connectivity index (χ1n) is 6.89. The highest BCUT2D eigenvalue weighted by atomic mass is 28.3. The van der Waals surface area contributed by atoms with Crippen LogP contribution in [0.25, 0.3) is 0 Å². The van der Waals surface area contributed by atoms with Crippen molar-refractivity contribution in [3.63, 3.8) is 0 Å². The first-order chi connectivity index (χ1) is 9.53. The van der Waals surface area contributed by atoms with Gasteiger partial charge in [-0.25, -0.2) is 0 Å². The smallest absolute Gasteiger partial charge is 0.254 e. The number of rotatable bonds is 5. The molecule has 1 heterocycles. The maximum absolute atomic E-state index is 12.1. The maximum atomic E-state index is 12.1. The van der Waals surface area contributed by atoms with E-state index < -0.39 is 8.07 Å². The summed E-state index contributed by atoms with van der Waals surface area (Å²) in [7, 11) is -1.64. The molecule has 0 spiro atoms. The van der Waals surface area contributed by atoms with Gasteiger partial charge in [-0.15, -0.1) is 0 Å². The number of aryl methyl sites for hydroxylation is 1. The van der Waals surface area contributed by atoms with Gasteiger partial charge in [0.15, 0.2) is 0 Å². The molecule has 0 bridgehead atoms. The summed E-state index contributed by atoms with van der Waals surface area (Å²) in [6.45, 7) is 7.30. The average molecular weight is 287 g/mol. The molecule has 0 saturated heterocycles. The van der Waals surface area contributed by atoms with Gasteiger partial charge in [0.2, 0.25) is 0 Å². The summed E-state index contributed by atoms with van der Waals surface area (Å²) in [5.41, 5.74) is 0.629. The van der Waals surface area contributed by atoms with E-state index in [1.165, 1.54) is 5.19 Å². The second-order valence-electron chi connectivity index (χ2n) is 5.52. The Morgan fingerprint density at radius 3 is 2.60 bits per heavy atom. The van der Waals surface area contributed by atoms with Gasteiger partial charge in [0.05, 0.1) is 11.8 Å². The third-order valence-corrected chi connectivity index (χ3v) is 6.42. The van der Waals surface area contributed by atoms with Crippen molar-refractivity contribution in [1.29, 1.82) is 0 Å². The minimum Gasteiger partial charge on any atom is -0.354 e. The van der Waals surface area contributed by atoms with E-state index in [9.17, 15) is 4.79 Å². The van der Waals surface area contributed by atoms with E-state index in [-0.39, 0.29) is 5.91 Å². The number of hydrogen-bond acceptors (Lipinski definition) is 2. The number of nitrogens with zero attached hydrogens (tertiary/aromatic N) is 2. The predicted molar refractivity (Wildman–Crippen MR) is 83.8 cm³/mol. The van der Waals surface area contributed by atoms with Crippen molar-refractivity contribution in [2.45, 2.75) is 26.6 Å². The molecule has 4 nitrogen and oxygen atoms in total. The van der Waals surface area contributed by atoms with Gasteiger partial charge in [0, 0.05) is 18.9 Å². The lowest BCUT2D eigenvalue weighted by atomic mass is 10.3. The SMILES string of the molecule is CCn1cc(C(=O)NC[Si](C)(C)c2ccccc2)cn1. The molecule has 0 radical (unpaired) electrons. The van der Waals surface area contributed by atoms with E-state index in [1.807, 2.05) is 13.0 Å². The molecule has 0 aliphatic heterocycles. The Balaban J connectivity index is 1.99. The van der Waals surface area contributed by atoms with Crippen molar-refractivity contribution in [1.82, 2.24) is 15.1 Å². The van der Waals surface area contributed by atoms with Crippen LogP contribution in [0.15, 0.2) is 42.7 Å². The third kappa shape index (κ3) is 3.36. The first kappa shape index (κ1) is 14.5. The number of nitrogens with one attached hydrogen (secondary N) is 1. The topological polar surface area (TPSA) is 46.9 Å². The molecule has 1 aromatic heterocycles. The Labute approximate surface area is 120 Å². The van der Waals surface area contributed by atoms with Crippen LogP contribution in [-0.4, -0.2) is 29.9 Å². The number of amides is 1. The van der Waals surface area contributed by atoms with Crippen LogP contribution < -0.4 is 10.5 Å². The van der Waals surface area contributed by atoms with E-state index in [2.05, 4.69) is 47.8 Å². The van der Waals surface area contributed by atoms with E-state index >= 15 is 0 Å². The molecule has 1 N–H and O–H groups in total. The Bertz CT molecular complexity index is 578. The van der Waals surface area contributed by atoms with Crippen molar-refractivity contribution in [2.75, 3.05) is 6.17 Å². The first-order valence-corrected chi connectivity index (χ1v) is 10.1. The van der Waals surface area contributed by atoms with Gasteiger partial charge in [-0.3, -0.25) is 9.48 Å². The largest absolute Gasteiger partial charge is 0.354 e. The van der Waals surface area contributed by atoms with E-state index in [0.29, 0.717) is 5.56 Å². The van der Waals surface area contributed by atoms with E-state index in [1.54, 1.807) is 17.1 Å². The second kappa shape index (κ2) is 6.05. The highest BCUT2D eigenvalue weighted by Gasteiger charge is 2.24. The Kier molecular flexibility index (Phi) is 4.39. The zero-order valence-electron chi connectivity index (χ0n) is 12.3. The number of hydrogen-bond donors (Lipinski definition) is 1. The Hall–Kier alpha value is -1.88. The Morgan fingerprint density at radius 1 is 1.30 bits per heavy atom. The number of carbonyl (C=O) groups is 1. The fraction of sp³-hybridized carbons (Fsp3) is 0.333. The van der Waals surface area contributed by atoms with Gasteiger partial charge in [0.25, 0.3) is 5.91 Å². The lowest BCUT2D eigenvalue weighted by molar-refractivity contribution is 0.0959. The molecule has 0 fully saturated rings. The van der Waals surface area contributed by atoms with Crippen molar-refractivity contribution < 1.29 is 4.79 Å². The molecule has 0 atom stereocenters. The van der Waals surface area contributed by atoms with Crippen molar-refractivity contribution in [3.05, 3.63) is 48.3 Å². The molecule has 0 aliphatic carbocycles. The molecule has 0 saturated carbocycles. The highest BCUT2D eigenvalue weighted by Crippen LogP contribution is 2.03. The predicted octanol–water partition coefficient (Wildman–Crippen LogP) is 1.79. The van der Waals surface area contributed by atoms with Crippen molar-refractivity contribution in [3.8, 4) is 0 Å². The fourth-order valence-electron chi connectivity index (χ4n) is 2.05. The van der Waals surface area contributed by atoms with Crippen LogP contribution >= 0.6 is 0 Å². The number of benzene rings is 1. The summed E-state index contributed by atoms with van der Waals surface area (Å²) in [5, 5.41) is 8.52. The van der Waals surface area contributed by atoms with Gasteiger partial charge in [0.1, 0.15) is 8.07 Å². The molecule has 2 rings (SSSR count). The molecule has 106 valence electrons. The molecule has 20 heavy (non-hydrogen) atoms. The van der Waals surface area contributed by atoms with Crippen molar-refractivity contribution in [2.24, 2.45) is 0 Å². The summed E-state index contributed by atoms with van der Waals surface area (Å²) in [6, 6.07) is 10.4. The van der Waals surface area contributed by atoms with Crippen LogP contribution in [-0.2, 0) is 6.54 Å². The van der Waals surface area contributed by atoms with Gasteiger partial charge in [-0.1, -0.05) is 48.6 Å². The second-order valence-corrected chi connectivity index (χ2v) is 10.2. The fourth-order valence-corrected chi connectivity index (χ4v) is 3.95. The van der Waals surface area contributed by atoms with Crippen LogP contribution in [0.5, 0.6) is 0 Å². The van der Waals surface area contributed by atoms with Gasteiger partial charge in [-0.2, -0.15) is 5.10 Å². The van der Waals surface area contributed by atoms with Crippen LogP contribution in [0.1, 0.15) is 17.3 Å². The summed E-state index contributed by atoms with van der Waals surface area (Å²) < 4.78 is 1.76. The summed E-state index contributed by atoms with van der Waals surface area (Å²) >= 11 is 0. The molecule has 5 heteroatoms. The summed E-state index contributed by atoms with van der Waals surface area (Å²) in [4.78, 5) is 12.1. The number of carbonyl (C=O) groups excluding carboxylic acids is 1. The number of aromatic nitrogens is 2. The maximum Gasteiger partial charge on any atom is 0.254 e. The monoisotopic (exact) mass is 287 g/mol. The third-order valence-electron chi connectivity index (χ3n) is 3.47. The molecule has 0 aliphatic rings. The van der Waals surface area contributed by atoms with E-state index in [0.717, 1.165) is 12.7 Å². The molecule has 1 amide bonds. The lowest BCUT2D eigenvalue weighted by Gasteiger charge is -2.23. The average Bonchev–Trinajstić information content (AvgIpc) is 2.95. The molecular formula is C15H21N3OSi. The van der Waals surface area contributed by atoms with Gasteiger partial charge >= 0.3 is 0 Å². The lowest BCUT2D eigenvalue weighted by Crippen LogP contribution is -2.51. The minimum absolute atomic E-state index is 0.0405. The minimum atomic E-state index is -1.64. The van der Waals surface area contributed by atoms with Crippen LogP contribution in [0, 0.1) is 0 Å². The standard InChI is InChI=1S/C15H21N3OSi/c1-4-18-11-13(10-17-18)15(19)16-12-20(2,3)14-8-6-5-7-9-14/h5-11H,4,12H2,1-3H3,(H,16,19). The molecule has 2 aromatic rings. The quantitative estimate of drug-likeness (QED) is 0.852. The zero-order valence-corrected chi connectivity index (χ0v) is 13.3. The normalized spacial score (nSPS) is 11.3.